The van der Waals surface area contributed by atoms with Crippen LogP contribution >= 0.6 is 11.6 Å². The Morgan fingerprint density at radius 1 is 1.17 bits per heavy atom. The number of rotatable bonds is 7. The summed E-state index contributed by atoms with van der Waals surface area (Å²) in [7, 11) is 1.48. The monoisotopic (exact) mass is 513 g/mol. The lowest BCUT2D eigenvalue weighted by Gasteiger charge is -2.15. The van der Waals surface area contributed by atoms with Gasteiger partial charge in [0.2, 0.25) is 18.6 Å². The summed E-state index contributed by atoms with van der Waals surface area (Å²) in [6.07, 6.45) is 0.155. The summed E-state index contributed by atoms with van der Waals surface area (Å²) in [4.78, 5) is 43.7. The quantitative estimate of drug-likeness (QED) is 0.393. The standard InChI is InChI=1S/C23H20ClN5O7/c1-12-25-21(36-27-12)5-6-28-22(31)14-8-18-19(35-11-34-18)9-16(14)29(23(28)32)10-20(30)26-13-3-4-17(33-2)15(24)7-13/h3-4,7-9H,5-6,10-11H2,1-2H3,(H,26,30). The van der Waals surface area contributed by atoms with E-state index in [-0.39, 0.29) is 43.1 Å². The second-order valence-electron chi connectivity index (χ2n) is 7.93. The van der Waals surface area contributed by atoms with Crippen LogP contribution in [0.2, 0.25) is 5.02 Å². The van der Waals surface area contributed by atoms with Gasteiger partial charge in [0.1, 0.15) is 12.3 Å². The van der Waals surface area contributed by atoms with Gasteiger partial charge in [-0.05, 0) is 31.2 Å². The van der Waals surface area contributed by atoms with Crippen LogP contribution in [0.25, 0.3) is 10.9 Å². The number of hydrogen-bond donors (Lipinski definition) is 1. The molecule has 0 radical (unpaired) electrons. The molecule has 1 amide bonds. The van der Waals surface area contributed by atoms with E-state index < -0.39 is 17.2 Å². The zero-order valence-electron chi connectivity index (χ0n) is 19.2. The van der Waals surface area contributed by atoms with Crippen molar-refractivity contribution in [1.82, 2.24) is 19.3 Å². The number of ether oxygens (including phenoxy) is 3. The molecule has 0 fully saturated rings. The lowest BCUT2D eigenvalue weighted by atomic mass is 10.2. The van der Waals surface area contributed by atoms with Gasteiger partial charge in [-0.2, -0.15) is 4.98 Å². The topological polar surface area (TPSA) is 140 Å². The molecule has 4 aromatic rings. The van der Waals surface area contributed by atoms with Crippen molar-refractivity contribution in [3.8, 4) is 17.2 Å². The Labute approximate surface area is 207 Å². The van der Waals surface area contributed by atoms with Gasteiger partial charge in [-0.3, -0.25) is 18.7 Å². The molecule has 0 saturated heterocycles. The van der Waals surface area contributed by atoms with Crippen LogP contribution in [0, 0.1) is 6.92 Å². The average Bonchev–Trinajstić information content (AvgIpc) is 3.49. The zero-order valence-corrected chi connectivity index (χ0v) is 20.0. The number of nitrogens with zero attached hydrogens (tertiary/aromatic N) is 4. The first kappa shape index (κ1) is 23.4. The summed E-state index contributed by atoms with van der Waals surface area (Å²) in [5, 5.41) is 6.94. The molecular weight excluding hydrogens is 494 g/mol. The molecule has 13 heteroatoms. The third-order valence-electron chi connectivity index (χ3n) is 5.58. The molecule has 3 heterocycles. The zero-order chi connectivity index (χ0) is 25.4. The van der Waals surface area contributed by atoms with E-state index in [4.69, 9.17) is 30.3 Å². The molecule has 2 aromatic heterocycles. The van der Waals surface area contributed by atoms with Crippen molar-refractivity contribution in [3.05, 3.63) is 67.9 Å². The summed E-state index contributed by atoms with van der Waals surface area (Å²) in [6.45, 7) is 1.25. The number of fused-ring (bicyclic) bond motifs is 2. The van der Waals surface area contributed by atoms with Crippen LogP contribution in [0.5, 0.6) is 17.2 Å². The van der Waals surface area contributed by atoms with E-state index in [9.17, 15) is 14.4 Å². The molecule has 0 spiro atoms. The van der Waals surface area contributed by atoms with Crippen molar-refractivity contribution in [2.24, 2.45) is 0 Å². The number of benzene rings is 2. The highest BCUT2D eigenvalue weighted by Crippen LogP contribution is 2.34. The highest BCUT2D eigenvalue weighted by Gasteiger charge is 2.22. The van der Waals surface area contributed by atoms with Crippen molar-refractivity contribution in [2.45, 2.75) is 26.4 Å². The number of nitrogens with one attached hydrogen (secondary N) is 1. The fourth-order valence-electron chi connectivity index (χ4n) is 3.89. The van der Waals surface area contributed by atoms with Gasteiger partial charge in [0.15, 0.2) is 17.3 Å². The number of amides is 1. The normalized spacial score (nSPS) is 12.2. The lowest BCUT2D eigenvalue weighted by Crippen LogP contribution is -2.42. The van der Waals surface area contributed by atoms with Crippen LogP contribution in [0.15, 0.2) is 44.4 Å². The van der Waals surface area contributed by atoms with Crippen LogP contribution in [0.1, 0.15) is 11.7 Å². The van der Waals surface area contributed by atoms with Crippen LogP contribution in [-0.4, -0.2) is 39.1 Å². The molecule has 2 aromatic carbocycles. The maximum atomic E-state index is 13.4. The van der Waals surface area contributed by atoms with Gasteiger partial charge in [-0.15, -0.1) is 0 Å². The van der Waals surface area contributed by atoms with Gasteiger partial charge in [-0.25, -0.2) is 4.79 Å². The molecule has 0 atom stereocenters. The predicted molar refractivity (Wildman–Crippen MR) is 128 cm³/mol. The summed E-state index contributed by atoms with van der Waals surface area (Å²) in [5.74, 6) is 1.42. The van der Waals surface area contributed by atoms with Gasteiger partial charge < -0.3 is 24.1 Å². The van der Waals surface area contributed by atoms with E-state index >= 15 is 0 Å². The highest BCUT2D eigenvalue weighted by molar-refractivity contribution is 6.32. The van der Waals surface area contributed by atoms with Crippen molar-refractivity contribution in [3.63, 3.8) is 0 Å². The van der Waals surface area contributed by atoms with Crippen LogP contribution < -0.4 is 30.8 Å². The largest absolute Gasteiger partial charge is 0.495 e. The molecule has 5 rings (SSSR count). The van der Waals surface area contributed by atoms with E-state index in [1.165, 1.54) is 29.9 Å². The summed E-state index contributed by atoms with van der Waals surface area (Å²) in [6, 6.07) is 7.78. The third kappa shape index (κ3) is 4.38. The Bertz CT molecular complexity index is 1610. The summed E-state index contributed by atoms with van der Waals surface area (Å²) in [5.41, 5.74) is -0.559. The predicted octanol–water partition coefficient (Wildman–Crippen LogP) is 2.13. The SMILES string of the molecule is COc1ccc(NC(=O)Cn2c(=O)n(CCc3nc(C)no3)c(=O)c3cc4c(cc32)OCO4)cc1Cl. The van der Waals surface area contributed by atoms with Gasteiger partial charge >= 0.3 is 5.69 Å². The number of carbonyl (C=O) groups is 1. The van der Waals surface area contributed by atoms with Gasteiger partial charge in [0.25, 0.3) is 5.56 Å². The fraction of sp³-hybridized carbons (Fsp3) is 0.261. The van der Waals surface area contributed by atoms with Gasteiger partial charge in [0, 0.05) is 24.7 Å². The number of anilines is 1. The van der Waals surface area contributed by atoms with Crippen LogP contribution in [0.3, 0.4) is 0 Å². The summed E-state index contributed by atoms with van der Waals surface area (Å²) >= 11 is 6.14. The molecular formula is C23H20ClN5O7. The maximum Gasteiger partial charge on any atom is 0.331 e. The minimum Gasteiger partial charge on any atom is -0.495 e. The first-order valence-corrected chi connectivity index (χ1v) is 11.2. The number of halogens is 1. The minimum atomic E-state index is -0.675. The first-order valence-electron chi connectivity index (χ1n) is 10.8. The number of methoxy groups -OCH3 is 1. The number of carbonyl (C=O) groups excluding carboxylic acids is 1. The van der Waals surface area contributed by atoms with Gasteiger partial charge in [-0.1, -0.05) is 16.8 Å². The molecule has 1 aliphatic heterocycles. The molecule has 36 heavy (non-hydrogen) atoms. The molecule has 12 nitrogen and oxygen atoms in total. The molecule has 1 N–H and O–H groups in total. The Kier molecular flexibility index (Phi) is 6.10. The molecule has 0 bridgehead atoms. The average molecular weight is 514 g/mol. The Hall–Kier alpha value is -4.32. The third-order valence-corrected chi connectivity index (χ3v) is 5.87. The molecule has 0 saturated carbocycles. The Morgan fingerprint density at radius 3 is 2.64 bits per heavy atom. The molecule has 186 valence electrons. The summed E-state index contributed by atoms with van der Waals surface area (Å²) < 4.78 is 23.3. The Morgan fingerprint density at radius 2 is 1.94 bits per heavy atom. The van der Waals surface area contributed by atoms with E-state index in [1.807, 2.05) is 0 Å². The van der Waals surface area contributed by atoms with Crippen molar-refractivity contribution < 1.29 is 23.5 Å². The number of aryl methyl sites for hydroxylation is 2. The maximum absolute atomic E-state index is 13.4. The lowest BCUT2D eigenvalue weighted by molar-refractivity contribution is -0.116. The molecule has 1 aliphatic rings. The van der Waals surface area contributed by atoms with Crippen molar-refractivity contribution >= 4 is 34.1 Å². The fourth-order valence-corrected chi connectivity index (χ4v) is 4.15. The number of aromatic nitrogens is 4. The smallest absolute Gasteiger partial charge is 0.331 e. The highest BCUT2D eigenvalue weighted by atomic mass is 35.5. The second kappa shape index (κ2) is 9.38. The van der Waals surface area contributed by atoms with Crippen LogP contribution in [0.4, 0.5) is 5.69 Å². The number of hydrogen-bond acceptors (Lipinski definition) is 9. The van der Waals surface area contributed by atoms with E-state index in [0.717, 1.165) is 4.57 Å². The molecule has 0 unspecified atom stereocenters. The van der Waals surface area contributed by atoms with E-state index in [1.54, 1.807) is 19.1 Å². The second-order valence-corrected chi connectivity index (χ2v) is 8.34. The van der Waals surface area contributed by atoms with Crippen LogP contribution in [-0.2, 0) is 24.3 Å². The molecule has 0 aliphatic carbocycles. The Balaban J connectivity index is 1.53. The van der Waals surface area contributed by atoms with Crippen molar-refractivity contribution in [1.29, 1.82) is 0 Å². The first-order chi connectivity index (χ1) is 17.3. The van der Waals surface area contributed by atoms with Crippen molar-refractivity contribution in [2.75, 3.05) is 19.2 Å². The minimum absolute atomic E-state index is 0.0146. The van der Waals surface area contributed by atoms with E-state index in [0.29, 0.717) is 33.8 Å². The van der Waals surface area contributed by atoms with Gasteiger partial charge in [0.05, 0.1) is 23.0 Å². The van der Waals surface area contributed by atoms with E-state index in [2.05, 4.69) is 15.5 Å².